The van der Waals surface area contributed by atoms with Gasteiger partial charge in [0.15, 0.2) is 0 Å². The van der Waals surface area contributed by atoms with Gasteiger partial charge in [-0.3, -0.25) is 4.79 Å². The zero-order valence-corrected chi connectivity index (χ0v) is 8.75. The molecule has 1 heterocycles. The van der Waals surface area contributed by atoms with Gasteiger partial charge in [0.05, 0.1) is 13.0 Å². The van der Waals surface area contributed by atoms with Crippen LogP contribution in [0.1, 0.15) is 25.8 Å². The van der Waals surface area contributed by atoms with Crippen molar-refractivity contribution in [2.75, 3.05) is 6.61 Å². The third kappa shape index (κ3) is 3.64. The van der Waals surface area contributed by atoms with E-state index < -0.39 is 0 Å². The molecule has 0 aliphatic rings. The maximum absolute atomic E-state index is 11.3. The maximum atomic E-state index is 11.3. The average molecular weight is 195 g/mol. The molecule has 1 aromatic heterocycles. The van der Waals surface area contributed by atoms with Crippen LogP contribution in [0, 0.1) is 5.92 Å². The summed E-state index contributed by atoms with van der Waals surface area (Å²) in [6.45, 7) is 4.69. The molecule has 0 amide bonds. The third-order valence-electron chi connectivity index (χ3n) is 2.24. The van der Waals surface area contributed by atoms with Crippen molar-refractivity contribution in [3.05, 3.63) is 24.0 Å². The van der Waals surface area contributed by atoms with E-state index in [1.807, 2.05) is 12.3 Å². The molecule has 78 valence electrons. The molecule has 0 saturated carbocycles. The lowest BCUT2D eigenvalue weighted by atomic mass is 10.1. The molecule has 0 spiro atoms. The Morgan fingerprint density at radius 3 is 3.00 bits per heavy atom. The third-order valence-corrected chi connectivity index (χ3v) is 2.24. The number of aromatic amines is 1. The normalized spacial score (nSPS) is 12.4. The molecule has 1 atom stereocenters. The van der Waals surface area contributed by atoms with Gasteiger partial charge in [0.1, 0.15) is 0 Å². The van der Waals surface area contributed by atoms with Crippen LogP contribution >= 0.6 is 0 Å². The standard InChI is InChI=1S/C11H17NO2/c1-3-9(2)8-14-11(13)6-10-4-5-12-7-10/h4-5,7,9,12H,3,6,8H2,1-2H3/t9-/m0/s1. The lowest BCUT2D eigenvalue weighted by molar-refractivity contribution is -0.144. The predicted octanol–water partition coefficient (Wildman–Crippen LogP) is 2.15. The van der Waals surface area contributed by atoms with Gasteiger partial charge in [0.25, 0.3) is 0 Å². The van der Waals surface area contributed by atoms with Gasteiger partial charge in [-0.1, -0.05) is 20.3 Å². The molecular weight excluding hydrogens is 178 g/mol. The molecule has 1 rings (SSSR count). The summed E-state index contributed by atoms with van der Waals surface area (Å²) in [7, 11) is 0. The lowest BCUT2D eigenvalue weighted by Crippen LogP contribution is -2.13. The first kappa shape index (κ1) is 10.8. The number of hydrogen-bond acceptors (Lipinski definition) is 2. The van der Waals surface area contributed by atoms with Crippen LogP contribution in [0.5, 0.6) is 0 Å². The van der Waals surface area contributed by atoms with Crippen molar-refractivity contribution in [1.82, 2.24) is 4.98 Å². The summed E-state index contributed by atoms with van der Waals surface area (Å²) in [6.07, 6.45) is 5.01. The van der Waals surface area contributed by atoms with Crippen LogP contribution in [0.4, 0.5) is 0 Å². The fraction of sp³-hybridized carbons (Fsp3) is 0.545. The van der Waals surface area contributed by atoms with Gasteiger partial charge < -0.3 is 9.72 Å². The molecule has 3 nitrogen and oxygen atoms in total. The summed E-state index contributed by atoms with van der Waals surface area (Å²) in [5, 5.41) is 0. The average Bonchev–Trinajstić information content (AvgIpc) is 2.66. The Morgan fingerprint density at radius 1 is 1.64 bits per heavy atom. The monoisotopic (exact) mass is 195 g/mol. The van der Waals surface area contributed by atoms with Crippen molar-refractivity contribution in [3.8, 4) is 0 Å². The Hall–Kier alpha value is -1.25. The minimum absolute atomic E-state index is 0.148. The first-order chi connectivity index (χ1) is 6.72. The molecule has 0 saturated heterocycles. The molecule has 0 fully saturated rings. The minimum atomic E-state index is -0.148. The summed E-state index contributed by atoms with van der Waals surface area (Å²) in [6, 6.07) is 1.88. The number of rotatable bonds is 5. The summed E-state index contributed by atoms with van der Waals surface area (Å²) in [5.74, 6) is 0.301. The quantitative estimate of drug-likeness (QED) is 0.731. The van der Waals surface area contributed by atoms with Crippen molar-refractivity contribution >= 4 is 5.97 Å². The smallest absolute Gasteiger partial charge is 0.310 e. The molecule has 1 N–H and O–H groups in total. The number of nitrogens with one attached hydrogen (secondary N) is 1. The van der Waals surface area contributed by atoms with Gasteiger partial charge in [-0.25, -0.2) is 0 Å². The molecule has 14 heavy (non-hydrogen) atoms. The fourth-order valence-electron chi connectivity index (χ4n) is 1.04. The number of esters is 1. The second kappa shape index (κ2) is 5.47. The van der Waals surface area contributed by atoms with E-state index in [0.717, 1.165) is 12.0 Å². The zero-order chi connectivity index (χ0) is 10.4. The first-order valence-electron chi connectivity index (χ1n) is 4.99. The van der Waals surface area contributed by atoms with Gasteiger partial charge in [0.2, 0.25) is 0 Å². The molecule has 0 aliphatic carbocycles. The number of carbonyl (C=O) groups excluding carboxylic acids is 1. The second-order valence-electron chi connectivity index (χ2n) is 3.59. The number of ether oxygens (including phenoxy) is 1. The van der Waals surface area contributed by atoms with Crippen molar-refractivity contribution in [3.63, 3.8) is 0 Å². The van der Waals surface area contributed by atoms with Crippen molar-refractivity contribution < 1.29 is 9.53 Å². The zero-order valence-electron chi connectivity index (χ0n) is 8.75. The number of aromatic nitrogens is 1. The van der Waals surface area contributed by atoms with Gasteiger partial charge in [-0.05, 0) is 17.5 Å². The van der Waals surface area contributed by atoms with Crippen LogP contribution in [-0.2, 0) is 16.0 Å². The summed E-state index contributed by atoms with van der Waals surface area (Å²) >= 11 is 0. The van der Waals surface area contributed by atoms with Crippen LogP contribution in [0.25, 0.3) is 0 Å². The van der Waals surface area contributed by atoms with Gasteiger partial charge in [-0.2, -0.15) is 0 Å². The Morgan fingerprint density at radius 2 is 2.43 bits per heavy atom. The Balaban J connectivity index is 2.23. The van der Waals surface area contributed by atoms with E-state index in [9.17, 15) is 4.79 Å². The Labute approximate surface area is 84.5 Å². The SMILES string of the molecule is CC[C@H](C)COC(=O)Cc1cc[nH]c1. The Kier molecular flexibility index (Phi) is 4.23. The molecule has 0 bridgehead atoms. The van der Waals surface area contributed by atoms with Crippen LogP contribution < -0.4 is 0 Å². The van der Waals surface area contributed by atoms with Crippen molar-refractivity contribution in [2.24, 2.45) is 5.92 Å². The van der Waals surface area contributed by atoms with E-state index in [1.165, 1.54) is 0 Å². The van der Waals surface area contributed by atoms with Crippen LogP contribution in [-0.4, -0.2) is 17.6 Å². The van der Waals surface area contributed by atoms with Crippen LogP contribution in [0.2, 0.25) is 0 Å². The van der Waals surface area contributed by atoms with E-state index in [-0.39, 0.29) is 5.97 Å². The highest BCUT2D eigenvalue weighted by molar-refractivity contribution is 5.72. The number of carbonyl (C=O) groups is 1. The fourth-order valence-corrected chi connectivity index (χ4v) is 1.04. The lowest BCUT2D eigenvalue weighted by Gasteiger charge is -2.08. The summed E-state index contributed by atoms with van der Waals surface area (Å²) < 4.78 is 5.12. The molecule has 0 aliphatic heterocycles. The van der Waals surface area contributed by atoms with Crippen molar-refractivity contribution in [2.45, 2.75) is 26.7 Å². The summed E-state index contributed by atoms with van der Waals surface area (Å²) in [4.78, 5) is 14.2. The van der Waals surface area contributed by atoms with E-state index in [0.29, 0.717) is 18.9 Å². The first-order valence-corrected chi connectivity index (χ1v) is 4.99. The van der Waals surface area contributed by atoms with E-state index in [1.54, 1.807) is 6.20 Å². The van der Waals surface area contributed by atoms with E-state index in [2.05, 4.69) is 18.8 Å². The largest absolute Gasteiger partial charge is 0.465 e. The maximum Gasteiger partial charge on any atom is 0.310 e. The van der Waals surface area contributed by atoms with Crippen LogP contribution in [0.3, 0.4) is 0 Å². The highest BCUT2D eigenvalue weighted by Gasteiger charge is 2.06. The highest BCUT2D eigenvalue weighted by Crippen LogP contribution is 2.03. The summed E-state index contributed by atoms with van der Waals surface area (Å²) in [5.41, 5.74) is 0.971. The van der Waals surface area contributed by atoms with E-state index in [4.69, 9.17) is 4.74 Å². The molecule has 0 unspecified atom stereocenters. The van der Waals surface area contributed by atoms with Gasteiger partial charge in [-0.15, -0.1) is 0 Å². The predicted molar refractivity (Wildman–Crippen MR) is 54.9 cm³/mol. The Bertz CT molecular complexity index is 267. The molecular formula is C11H17NO2. The molecule has 3 heteroatoms. The topological polar surface area (TPSA) is 42.1 Å². The van der Waals surface area contributed by atoms with Gasteiger partial charge in [0, 0.05) is 12.4 Å². The highest BCUT2D eigenvalue weighted by atomic mass is 16.5. The van der Waals surface area contributed by atoms with Crippen LogP contribution in [0.15, 0.2) is 18.5 Å². The van der Waals surface area contributed by atoms with Gasteiger partial charge >= 0.3 is 5.97 Å². The number of hydrogen-bond donors (Lipinski definition) is 1. The minimum Gasteiger partial charge on any atom is -0.465 e. The second-order valence-corrected chi connectivity index (χ2v) is 3.59. The van der Waals surface area contributed by atoms with E-state index >= 15 is 0 Å². The molecule has 0 radical (unpaired) electrons. The molecule has 1 aromatic rings. The molecule has 0 aromatic carbocycles. The van der Waals surface area contributed by atoms with Crippen molar-refractivity contribution in [1.29, 1.82) is 0 Å². The number of H-pyrrole nitrogens is 1.